The molecule has 64 valence electrons. The van der Waals surface area contributed by atoms with E-state index in [1.54, 1.807) is 11.3 Å². The van der Waals surface area contributed by atoms with Crippen LogP contribution in [0.2, 0.25) is 0 Å². The summed E-state index contributed by atoms with van der Waals surface area (Å²) in [5, 5.41) is 2.05. The zero-order valence-electron chi connectivity index (χ0n) is 6.42. The van der Waals surface area contributed by atoms with Crippen LogP contribution < -0.4 is 0 Å². The van der Waals surface area contributed by atoms with Crippen molar-refractivity contribution in [2.45, 2.75) is 12.8 Å². The van der Waals surface area contributed by atoms with Crippen LogP contribution in [0.4, 0.5) is 0 Å². The molecule has 0 aliphatic rings. The lowest BCUT2D eigenvalue weighted by molar-refractivity contribution is 0.562. The molecule has 1 rings (SSSR count). The Bertz CT molecular complexity index is 291. The van der Waals surface area contributed by atoms with Gasteiger partial charge >= 0.3 is 0 Å². The van der Waals surface area contributed by atoms with Gasteiger partial charge in [-0.05, 0) is 34.8 Å². The fourth-order valence-corrected chi connectivity index (χ4v) is 2.36. The summed E-state index contributed by atoms with van der Waals surface area (Å²) in [4.78, 5) is 14.5. The maximum absolute atomic E-state index is 9.72. The van der Waals surface area contributed by atoms with Crippen LogP contribution in [-0.4, -0.2) is 12.6 Å². The van der Waals surface area contributed by atoms with Crippen molar-refractivity contribution in [3.63, 3.8) is 0 Å². The largest absolute Gasteiger partial charge is 0.234 e. The standard InChI is InChI=1S/C8H8BrNOS/c9-7-4-8(12-5-7)2-1-3-10-6-11/h4-5H,1-3H2. The molecule has 0 amide bonds. The highest BCUT2D eigenvalue weighted by atomic mass is 79.9. The number of rotatable bonds is 4. The highest BCUT2D eigenvalue weighted by molar-refractivity contribution is 9.10. The van der Waals surface area contributed by atoms with E-state index in [1.807, 2.05) is 0 Å². The summed E-state index contributed by atoms with van der Waals surface area (Å²) in [5.41, 5.74) is 0. The second-order valence-corrected chi connectivity index (χ2v) is 4.22. The molecular weight excluding hydrogens is 238 g/mol. The Morgan fingerprint density at radius 1 is 1.67 bits per heavy atom. The van der Waals surface area contributed by atoms with Gasteiger partial charge in [-0.3, -0.25) is 0 Å². The molecule has 1 heterocycles. The molecule has 0 unspecified atom stereocenters. The molecule has 0 bridgehead atoms. The van der Waals surface area contributed by atoms with E-state index in [-0.39, 0.29) is 0 Å². The third-order valence-electron chi connectivity index (χ3n) is 1.38. The van der Waals surface area contributed by atoms with Gasteiger partial charge in [-0.1, -0.05) is 0 Å². The smallest absolute Gasteiger partial charge is 0.211 e. The molecule has 2 nitrogen and oxygen atoms in total. The first-order valence-electron chi connectivity index (χ1n) is 3.59. The third-order valence-corrected chi connectivity index (χ3v) is 3.14. The van der Waals surface area contributed by atoms with Crippen LogP contribution in [0.15, 0.2) is 20.9 Å². The molecule has 12 heavy (non-hydrogen) atoms. The minimum Gasteiger partial charge on any atom is -0.211 e. The molecule has 0 aliphatic carbocycles. The third kappa shape index (κ3) is 3.30. The summed E-state index contributed by atoms with van der Waals surface area (Å²) in [6.45, 7) is 0.582. The topological polar surface area (TPSA) is 29.4 Å². The molecule has 0 radical (unpaired) electrons. The second kappa shape index (κ2) is 5.25. The highest BCUT2D eigenvalue weighted by Gasteiger charge is 1.96. The van der Waals surface area contributed by atoms with Crippen molar-refractivity contribution < 1.29 is 4.79 Å². The Kier molecular flexibility index (Phi) is 4.22. The van der Waals surface area contributed by atoms with Crippen molar-refractivity contribution in [3.8, 4) is 0 Å². The van der Waals surface area contributed by atoms with Crippen LogP contribution in [0, 0.1) is 0 Å². The van der Waals surface area contributed by atoms with Crippen molar-refractivity contribution in [1.82, 2.24) is 0 Å². The molecular formula is C8H8BrNOS. The number of thiophene rings is 1. The Balaban J connectivity index is 2.28. The zero-order chi connectivity index (χ0) is 8.81. The lowest BCUT2D eigenvalue weighted by atomic mass is 10.3. The number of aryl methyl sites for hydroxylation is 1. The quantitative estimate of drug-likeness (QED) is 0.456. The molecule has 0 aliphatic heterocycles. The number of hydrogen-bond acceptors (Lipinski definition) is 3. The van der Waals surface area contributed by atoms with Gasteiger partial charge in [0, 0.05) is 14.7 Å². The van der Waals surface area contributed by atoms with Crippen molar-refractivity contribution in [1.29, 1.82) is 0 Å². The van der Waals surface area contributed by atoms with Gasteiger partial charge in [0.15, 0.2) is 0 Å². The maximum atomic E-state index is 9.72. The number of hydrogen-bond donors (Lipinski definition) is 0. The fourth-order valence-electron chi connectivity index (χ4n) is 0.863. The lowest BCUT2D eigenvalue weighted by Crippen LogP contribution is -1.84. The second-order valence-electron chi connectivity index (χ2n) is 2.31. The molecule has 0 N–H and O–H groups in total. The molecule has 0 spiro atoms. The first-order chi connectivity index (χ1) is 5.83. The van der Waals surface area contributed by atoms with Crippen molar-refractivity contribution in [2.75, 3.05) is 6.54 Å². The van der Waals surface area contributed by atoms with Crippen molar-refractivity contribution >= 4 is 33.3 Å². The lowest BCUT2D eigenvalue weighted by Gasteiger charge is -1.90. The SMILES string of the molecule is O=C=NCCCc1cc(Br)cs1. The average molecular weight is 246 g/mol. The molecule has 1 aromatic heterocycles. The predicted molar refractivity (Wildman–Crippen MR) is 53.3 cm³/mol. The number of aliphatic imine (C=N–C) groups is 1. The summed E-state index contributed by atoms with van der Waals surface area (Å²) in [6, 6.07) is 2.09. The summed E-state index contributed by atoms with van der Waals surface area (Å²) < 4.78 is 1.13. The van der Waals surface area contributed by atoms with Crippen molar-refractivity contribution in [2.24, 2.45) is 4.99 Å². The van der Waals surface area contributed by atoms with Gasteiger partial charge in [-0.2, -0.15) is 0 Å². The molecule has 0 saturated carbocycles. The number of nitrogens with zero attached hydrogens (tertiary/aromatic N) is 1. The molecule has 4 heteroatoms. The predicted octanol–water partition coefficient (Wildman–Crippen LogP) is 2.78. The van der Waals surface area contributed by atoms with Gasteiger partial charge in [-0.15, -0.1) is 11.3 Å². The Morgan fingerprint density at radius 2 is 2.50 bits per heavy atom. The van der Waals surface area contributed by atoms with Gasteiger partial charge < -0.3 is 0 Å². The van der Waals surface area contributed by atoms with E-state index in [4.69, 9.17) is 0 Å². The summed E-state index contributed by atoms with van der Waals surface area (Å²) in [5.74, 6) is 0. The van der Waals surface area contributed by atoms with E-state index >= 15 is 0 Å². The summed E-state index contributed by atoms with van der Waals surface area (Å²) in [7, 11) is 0. The van der Waals surface area contributed by atoms with Crippen LogP contribution in [0.5, 0.6) is 0 Å². The zero-order valence-corrected chi connectivity index (χ0v) is 8.82. The molecule has 0 saturated heterocycles. The molecule has 1 aromatic rings. The normalized spacial score (nSPS) is 9.42. The van der Waals surface area contributed by atoms with Crippen LogP contribution >= 0.6 is 27.3 Å². The summed E-state index contributed by atoms with van der Waals surface area (Å²) in [6.07, 6.45) is 3.43. The van der Waals surface area contributed by atoms with Gasteiger partial charge in [0.05, 0.1) is 6.54 Å². The minimum absolute atomic E-state index is 0.582. The fraction of sp³-hybridized carbons (Fsp3) is 0.375. The first kappa shape index (κ1) is 9.65. The van der Waals surface area contributed by atoms with Crippen LogP contribution in [0.3, 0.4) is 0 Å². The first-order valence-corrected chi connectivity index (χ1v) is 5.26. The average Bonchev–Trinajstić information content (AvgIpc) is 2.45. The molecule has 0 fully saturated rings. The molecule has 0 aromatic carbocycles. The number of isocyanates is 1. The van der Waals surface area contributed by atoms with E-state index in [0.29, 0.717) is 6.54 Å². The van der Waals surface area contributed by atoms with Gasteiger partial charge in [-0.25, -0.2) is 9.79 Å². The number of halogens is 1. The minimum atomic E-state index is 0.582. The van der Waals surface area contributed by atoms with E-state index in [0.717, 1.165) is 17.3 Å². The van der Waals surface area contributed by atoms with Gasteiger partial charge in [0.1, 0.15) is 0 Å². The van der Waals surface area contributed by atoms with Crippen LogP contribution in [0.1, 0.15) is 11.3 Å². The van der Waals surface area contributed by atoms with Gasteiger partial charge in [0.2, 0.25) is 6.08 Å². The Labute approximate surface area is 83.5 Å². The van der Waals surface area contributed by atoms with E-state index < -0.39 is 0 Å². The molecule has 0 atom stereocenters. The summed E-state index contributed by atoms with van der Waals surface area (Å²) >= 11 is 5.10. The maximum Gasteiger partial charge on any atom is 0.234 e. The Morgan fingerprint density at radius 3 is 3.08 bits per heavy atom. The monoisotopic (exact) mass is 245 g/mol. The highest BCUT2D eigenvalue weighted by Crippen LogP contribution is 2.20. The Hall–Kier alpha value is -0.440. The van der Waals surface area contributed by atoms with E-state index in [2.05, 4.69) is 32.4 Å². The van der Waals surface area contributed by atoms with Crippen molar-refractivity contribution in [3.05, 3.63) is 20.8 Å². The van der Waals surface area contributed by atoms with E-state index in [9.17, 15) is 4.79 Å². The van der Waals surface area contributed by atoms with E-state index in [1.165, 1.54) is 11.0 Å². The van der Waals surface area contributed by atoms with Crippen LogP contribution in [-0.2, 0) is 11.2 Å². The number of carbonyl (C=O) groups excluding carboxylic acids is 1. The van der Waals surface area contributed by atoms with Gasteiger partial charge in [0.25, 0.3) is 0 Å². The van der Waals surface area contributed by atoms with Crippen LogP contribution in [0.25, 0.3) is 0 Å².